The van der Waals surface area contributed by atoms with E-state index in [1.807, 2.05) is 43.3 Å². The summed E-state index contributed by atoms with van der Waals surface area (Å²) in [5.74, 6) is -0.356. The van der Waals surface area contributed by atoms with Gasteiger partial charge in [0.1, 0.15) is 5.70 Å². The van der Waals surface area contributed by atoms with E-state index in [2.05, 4.69) is 18.8 Å². The van der Waals surface area contributed by atoms with Crippen LogP contribution in [-0.2, 0) is 11.2 Å². The second-order valence-corrected chi connectivity index (χ2v) is 5.80. The zero-order valence-electron chi connectivity index (χ0n) is 14.8. The van der Waals surface area contributed by atoms with Crippen molar-refractivity contribution in [1.82, 2.24) is 5.32 Å². The van der Waals surface area contributed by atoms with Crippen LogP contribution in [0.3, 0.4) is 0 Å². The molecule has 0 atom stereocenters. The molecule has 130 valence electrons. The van der Waals surface area contributed by atoms with Crippen molar-refractivity contribution in [3.05, 3.63) is 78.1 Å². The highest BCUT2D eigenvalue weighted by Gasteiger charge is 2.34. The van der Waals surface area contributed by atoms with E-state index >= 15 is 0 Å². The summed E-state index contributed by atoms with van der Waals surface area (Å²) in [6.07, 6.45) is 12.0. The Balaban J connectivity index is 2.23. The number of anilines is 1. The van der Waals surface area contributed by atoms with Crippen molar-refractivity contribution in [2.45, 2.75) is 33.1 Å². The topological polar surface area (TPSA) is 49.4 Å². The molecule has 0 aromatic heterocycles. The number of amides is 3. The van der Waals surface area contributed by atoms with E-state index in [-0.39, 0.29) is 11.6 Å². The van der Waals surface area contributed by atoms with Crippen molar-refractivity contribution < 1.29 is 9.59 Å². The molecule has 4 heteroatoms. The Hall–Kier alpha value is -2.88. The molecule has 1 saturated heterocycles. The van der Waals surface area contributed by atoms with Gasteiger partial charge in [-0.1, -0.05) is 56.4 Å². The molecule has 1 aliphatic heterocycles. The predicted octanol–water partition coefficient (Wildman–Crippen LogP) is 4.66. The van der Waals surface area contributed by atoms with Gasteiger partial charge in [0, 0.05) is 0 Å². The molecule has 1 heterocycles. The molecule has 0 saturated carbocycles. The van der Waals surface area contributed by atoms with Gasteiger partial charge in [-0.25, -0.2) is 9.69 Å². The van der Waals surface area contributed by atoms with E-state index in [1.165, 1.54) is 5.56 Å². The monoisotopic (exact) mass is 336 g/mol. The fourth-order valence-electron chi connectivity index (χ4n) is 2.61. The lowest BCUT2D eigenvalue weighted by atomic mass is 10.1. The predicted molar refractivity (Wildman–Crippen MR) is 102 cm³/mol. The fourth-order valence-corrected chi connectivity index (χ4v) is 2.61. The SMILES string of the molecule is C=C/C=C(\C=C/C)/C=C1\NC(=O)N(c2ccc(CCCC)cc2)C1=O. The number of unbranched alkanes of at least 4 members (excludes halogenated alkanes) is 1. The van der Waals surface area contributed by atoms with Crippen molar-refractivity contribution in [1.29, 1.82) is 0 Å². The summed E-state index contributed by atoms with van der Waals surface area (Å²) >= 11 is 0. The maximum Gasteiger partial charge on any atom is 0.333 e. The highest BCUT2D eigenvalue weighted by Crippen LogP contribution is 2.23. The van der Waals surface area contributed by atoms with Crippen molar-refractivity contribution in [2.24, 2.45) is 0 Å². The highest BCUT2D eigenvalue weighted by molar-refractivity contribution is 6.27. The summed E-state index contributed by atoms with van der Waals surface area (Å²) in [6.45, 7) is 7.70. The normalized spacial score (nSPS) is 16.8. The lowest BCUT2D eigenvalue weighted by molar-refractivity contribution is -0.113. The molecule has 1 N–H and O–H groups in total. The third-order valence-corrected chi connectivity index (χ3v) is 3.87. The Morgan fingerprint density at radius 2 is 1.96 bits per heavy atom. The van der Waals surface area contributed by atoms with Crippen molar-refractivity contribution in [3.63, 3.8) is 0 Å². The number of hydrogen-bond donors (Lipinski definition) is 1. The van der Waals surface area contributed by atoms with Gasteiger partial charge in [-0.3, -0.25) is 4.79 Å². The molecule has 2 rings (SSSR count). The van der Waals surface area contributed by atoms with E-state index in [4.69, 9.17) is 0 Å². The number of rotatable bonds is 7. The largest absolute Gasteiger partial charge is 0.333 e. The standard InChI is InChI=1S/C21H24N2O2/c1-4-7-10-16-11-13-18(14-12-16)23-20(24)19(22-21(23)25)15-17(8-5-2)9-6-3/h5-6,8-9,11-15H,2,4,7,10H2,1,3H3,(H,22,25)/b9-6-,17-8+,19-15-. The number of carbonyl (C=O) groups excluding carboxylic acids is 2. The summed E-state index contributed by atoms with van der Waals surface area (Å²) in [6, 6.07) is 7.14. The van der Waals surface area contributed by atoms with Gasteiger partial charge in [0.05, 0.1) is 5.69 Å². The Morgan fingerprint density at radius 1 is 1.24 bits per heavy atom. The van der Waals surface area contributed by atoms with Gasteiger partial charge in [0.15, 0.2) is 0 Å². The van der Waals surface area contributed by atoms with E-state index < -0.39 is 6.03 Å². The number of nitrogens with one attached hydrogen (secondary N) is 1. The van der Waals surface area contributed by atoms with E-state index in [0.29, 0.717) is 5.69 Å². The van der Waals surface area contributed by atoms with Gasteiger partial charge in [-0.05, 0) is 49.1 Å². The average Bonchev–Trinajstić information content (AvgIpc) is 2.88. The van der Waals surface area contributed by atoms with Crippen LogP contribution in [-0.4, -0.2) is 11.9 Å². The first-order chi connectivity index (χ1) is 12.1. The molecule has 1 aromatic rings. The number of hydrogen-bond acceptors (Lipinski definition) is 2. The van der Waals surface area contributed by atoms with Crippen LogP contribution < -0.4 is 10.2 Å². The first-order valence-electron chi connectivity index (χ1n) is 8.52. The summed E-state index contributed by atoms with van der Waals surface area (Å²) in [5, 5.41) is 2.64. The summed E-state index contributed by atoms with van der Waals surface area (Å²) in [5.41, 5.74) is 2.83. The first-order valence-corrected chi connectivity index (χ1v) is 8.52. The zero-order chi connectivity index (χ0) is 18.2. The van der Waals surface area contributed by atoms with E-state index in [1.54, 1.807) is 18.2 Å². The number of urea groups is 1. The minimum atomic E-state index is -0.434. The van der Waals surface area contributed by atoms with Gasteiger partial charge in [-0.15, -0.1) is 0 Å². The van der Waals surface area contributed by atoms with Crippen LogP contribution in [0.15, 0.2) is 72.5 Å². The van der Waals surface area contributed by atoms with Crippen LogP contribution in [0, 0.1) is 0 Å². The molecule has 1 fully saturated rings. The first kappa shape index (κ1) is 18.5. The number of imide groups is 1. The second-order valence-electron chi connectivity index (χ2n) is 5.80. The summed E-state index contributed by atoms with van der Waals surface area (Å²) in [7, 11) is 0. The molecule has 0 aliphatic carbocycles. The van der Waals surface area contributed by atoms with E-state index in [0.717, 1.165) is 29.7 Å². The Morgan fingerprint density at radius 3 is 2.56 bits per heavy atom. The molecule has 3 amide bonds. The molecule has 0 bridgehead atoms. The van der Waals surface area contributed by atoms with Crippen LogP contribution in [0.4, 0.5) is 10.5 Å². The van der Waals surface area contributed by atoms with Crippen molar-refractivity contribution in [2.75, 3.05) is 4.90 Å². The number of allylic oxidation sites excluding steroid dienone is 6. The van der Waals surface area contributed by atoms with Crippen LogP contribution in [0.1, 0.15) is 32.3 Å². The average molecular weight is 336 g/mol. The molecule has 0 radical (unpaired) electrons. The van der Waals surface area contributed by atoms with Crippen LogP contribution in [0.2, 0.25) is 0 Å². The van der Waals surface area contributed by atoms with Crippen molar-refractivity contribution in [3.8, 4) is 0 Å². The number of aryl methyl sites for hydroxylation is 1. The minimum absolute atomic E-state index is 0.256. The van der Waals surface area contributed by atoms with Crippen LogP contribution >= 0.6 is 0 Å². The van der Waals surface area contributed by atoms with E-state index in [9.17, 15) is 9.59 Å². The third-order valence-electron chi connectivity index (χ3n) is 3.87. The maximum atomic E-state index is 12.6. The molecule has 4 nitrogen and oxygen atoms in total. The second kappa shape index (κ2) is 8.83. The zero-order valence-corrected chi connectivity index (χ0v) is 14.8. The number of benzene rings is 1. The van der Waals surface area contributed by atoms with Crippen LogP contribution in [0.5, 0.6) is 0 Å². The molecule has 0 spiro atoms. The molecule has 0 unspecified atom stereocenters. The molecular weight excluding hydrogens is 312 g/mol. The Kier molecular flexibility index (Phi) is 6.52. The van der Waals surface area contributed by atoms with Gasteiger partial charge in [-0.2, -0.15) is 0 Å². The number of carbonyl (C=O) groups is 2. The van der Waals surface area contributed by atoms with Crippen molar-refractivity contribution >= 4 is 17.6 Å². The fraction of sp³-hybridized carbons (Fsp3) is 0.238. The summed E-state index contributed by atoms with van der Waals surface area (Å²) < 4.78 is 0. The molecule has 1 aromatic carbocycles. The third kappa shape index (κ3) is 4.57. The molecular formula is C21H24N2O2. The minimum Gasteiger partial charge on any atom is -0.302 e. The number of nitrogens with zero attached hydrogens (tertiary/aromatic N) is 1. The lowest BCUT2D eigenvalue weighted by Gasteiger charge is -2.12. The molecule has 1 aliphatic rings. The smallest absolute Gasteiger partial charge is 0.302 e. The van der Waals surface area contributed by atoms with Gasteiger partial charge < -0.3 is 5.32 Å². The quantitative estimate of drug-likeness (QED) is 0.447. The highest BCUT2D eigenvalue weighted by atomic mass is 16.2. The summed E-state index contributed by atoms with van der Waals surface area (Å²) in [4.78, 5) is 26.0. The Labute approximate surface area is 149 Å². The lowest BCUT2D eigenvalue weighted by Crippen LogP contribution is -2.30. The Bertz CT molecular complexity index is 740. The van der Waals surface area contributed by atoms with Gasteiger partial charge >= 0.3 is 6.03 Å². The molecule has 25 heavy (non-hydrogen) atoms. The van der Waals surface area contributed by atoms with Gasteiger partial charge in [0.25, 0.3) is 5.91 Å². The van der Waals surface area contributed by atoms with Crippen LogP contribution in [0.25, 0.3) is 0 Å². The van der Waals surface area contributed by atoms with Gasteiger partial charge in [0.2, 0.25) is 0 Å². The maximum absolute atomic E-state index is 12.6.